The molecular formula is C19H18N2O3. The Labute approximate surface area is 139 Å². The maximum atomic E-state index is 12.7. The number of nitrogens with zero attached hydrogens (tertiary/aromatic N) is 2. The Kier molecular flexibility index (Phi) is 4.61. The third-order valence-corrected chi connectivity index (χ3v) is 3.75. The fourth-order valence-corrected chi connectivity index (χ4v) is 2.57. The SMILES string of the molecule is COc1ccc2cnn(C/C=C/c3ccccc3)c(=O)c2c1OC. The van der Waals surface area contributed by atoms with Gasteiger partial charge in [-0.15, -0.1) is 0 Å². The Morgan fingerprint density at radius 1 is 1.08 bits per heavy atom. The molecule has 0 aliphatic heterocycles. The maximum absolute atomic E-state index is 12.7. The molecule has 0 aliphatic carbocycles. The van der Waals surface area contributed by atoms with Crippen molar-refractivity contribution in [1.29, 1.82) is 0 Å². The van der Waals surface area contributed by atoms with Crippen LogP contribution in [0.3, 0.4) is 0 Å². The van der Waals surface area contributed by atoms with Crippen molar-refractivity contribution >= 4 is 16.8 Å². The van der Waals surface area contributed by atoms with Crippen molar-refractivity contribution in [2.75, 3.05) is 14.2 Å². The van der Waals surface area contributed by atoms with E-state index in [1.54, 1.807) is 25.4 Å². The summed E-state index contributed by atoms with van der Waals surface area (Å²) in [6.45, 7) is 0.379. The van der Waals surface area contributed by atoms with Crippen molar-refractivity contribution in [3.05, 3.63) is 70.7 Å². The Morgan fingerprint density at radius 3 is 2.58 bits per heavy atom. The van der Waals surface area contributed by atoms with Crippen LogP contribution in [0.4, 0.5) is 0 Å². The molecule has 0 bridgehead atoms. The highest BCUT2D eigenvalue weighted by Crippen LogP contribution is 2.32. The van der Waals surface area contributed by atoms with Gasteiger partial charge in [0.25, 0.3) is 5.56 Å². The largest absolute Gasteiger partial charge is 0.493 e. The molecule has 3 aromatic rings. The molecular weight excluding hydrogens is 304 g/mol. The highest BCUT2D eigenvalue weighted by molar-refractivity contribution is 5.89. The highest BCUT2D eigenvalue weighted by atomic mass is 16.5. The Bertz CT molecular complexity index is 930. The lowest BCUT2D eigenvalue weighted by Crippen LogP contribution is -2.22. The molecule has 2 aromatic carbocycles. The molecule has 3 rings (SSSR count). The summed E-state index contributed by atoms with van der Waals surface area (Å²) in [6.07, 6.45) is 5.53. The van der Waals surface area contributed by atoms with Gasteiger partial charge in [-0.1, -0.05) is 42.5 Å². The summed E-state index contributed by atoms with van der Waals surface area (Å²) < 4.78 is 12.1. The van der Waals surface area contributed by atoms with Crippen LogP contribution in [0, 0.1) is 0 Å². The minimum atomic E-state index is -0.207. The zero-order chi connectivity index (χ0) is 16.9. The number of hydrogen-bond acceptors (Lipinski definition) is 4. The van der Waals surface area contributed by atoms with Gasteiger partial charge in [-0.25, -0.2) is 4.68 Å². The lowest BCUT2D eigenvalue weighted by molar-refractivity contribution is 0.358. The van der Waals surface area contributed by atoms with Gasteiger partial charge in [0.2, 0.25) is 0 Å². The minimum Gasteiger partial charge on any atom is -0.493 e. The lowest BCUT2D eigenvalue weighted by atomic mass is 10.1. The number of hydrogen-bond donors (Lipinski definition) is 0. The molecule has 1 aromatic heterocycles. The standard InChI is InChI=1S/C19H18N2O3/c1-23-16-11-10-15-13-20-21(19(22)17(15)18(16)24-2)12-6-9-14-7-4-3-5-8-14/h3-11,13H,12H2,1-2H3/b9-6+. The summed E-state index contributed by atoms with van der Waals surface area (Å²) >= 11 is 0. The quantitative estimate of drug-likeness (QED) is 0.724. The molecule has 0 N–H and O–H groups in total. The maximum Gasteiger partial charge on any atom is 0.278 e. The third kappa shape index (κ3) is 3.01. The molecule has 0 saturated heterocycles. The minimum absolute atomic E-state index is 0.207. The number of ether oxygens (including phenoxy) is 2. The van der Waals surface area contributed by atoms with Crippen molar-refractivity contribution in [2.45, 2.75) is 6.54 Å². The molecule has 0 unspecified atom stereocenters. The van der Waals surface area contributed by atoms with E-state index in [0.717, 1.165) is 10.9 Å². The van der Waals surface area contributed by atoms with Crippen LogP contribution in [0.5, 0.6) is 11.5 Å². The van der Waals surface area contributed by atoms with Crippen LogP contribution >= 0.6 is 0 Å². The predicted octanol–water partition coefficient (Wildman–Crippen LogP) is 3.13. The number of fused-ring (bicyclic) bond motifs is 1. The fourth-order valence-electron chi connectivity index (χ4n) is 2.57. The van der Waals surface area contributed by atoms with Gasteiger partial charge >= 0.3 is 0 Å². The molecule has 0 radical (unpaired) electrons. The van der Waals surface area contributed by atoms with Gasteiger partial charge in [-0.2, -0.15) is 5.10 Å². The van der Waals surface area contributed by atoms with Gasteiger partial charge in [0.05, 0.1) is 32.3 Å². The van der Waals surface area contributed by atoms with E-state index in [4.69, 9.17) is 9.47 Å². The van der Waals surface area contributed by atoms with E-state index in [2.05, 4.69) is 5.10 Å². The molecule has 5 nitrogen and oxygen atoms in total. The average Bonchev–Trinajstić information content (AvgIpc) is 2.63. The van der Waals surface area contributed by atoms with E-state index in [1.165, 1.54) is 11.8 Å². The number of methoxy groups -OCH3 is 2. The van der Waals surface area contributed by atoms with Crippen molar-refractivity contribution in [2.24, 2.45) is 0 Å². The first-order chi connectivity index (χ1) is 11.7. The average molecular weight is 322 g/mol. The predicted molar refractivity (Wildman–Crippen MR) is 94.6 cm³/mol. The lowest BCUT2D eigenvalue weighted by Gasteiger charge is -2.11. The first-order valence-corrected chi connectivity index (χ1v) is 7.57. The first kappa shape index (κ1) is 15.8. The molecule has 0 fully saturated rings. The summed E-state index contributed by atoms with van der Waals surface area (Å²) in [7, 11) is 3.07. The van der Waals surface area contributed by atoms with Crippen LogP contribution in [0.25, 0.3) is 16.8 Å². The molecule has 5 heteroatoms. The Hall–Kier alpha value is -3.08. The van der Waals surface area contributed by atoms with Crippen LogP contribution in [0.2, 0.25) is 0 Å². The molecule has 0 amide bonds. The summed E-state index contributed by atoms with van der Waals surface area (Å²) in [4.78, 5) is 12.7. The molecule has 122 valence electrons. The fraction of sp³-hybridized carbons (Fsp3) is 0.158. The van der Waals surface area contributed by atoms with Crippen LogP contribution in [0.1, 0.15) is 5.56 Å². The van der Waals surface area contributed by atoms with Crippen molar-refractivity contribution in [1.82, 2.24) is 9.78 Å². The first-order valence-electron chi connectivity index (χ1n) is 7.57. The summed E-state index contributed by atoms with van der Waals surface area (Å²) in [5.41, 5.74) is 0.867. The van der Waals surface area contributed by atoms with E-state index < -0.39 is 0 Å². The summed E-state index contributed by atoms with van der Waals surface area (Å²) in [6, 6.07) is 13.5. The molecule has 24 heavy (non-hydrogen) atoms. The molecule has 0 aliphatic rings. The van der Waals surface area contributed by atoms with E-state index in [-0.39, 0.29) is 5.56 Å². The number of allylic oxidation sites excluding steroid dienone is 1. The third-order valence-electron chi connectivity index (χ3n) is 3.75. The Balaban J connectivity index is 1.99. The molecule has 1 heterocycles. The molecule has 0 atom stereocenters. The van der Waals surface area contributed by atoms with Gasteiger partial charge in [-0.05, 0) is 17.7 Å². The second-order valence-electron chi connectivity index (χ2n) is 5.21. The number of benzene rings is 2. The molecule has 0 saturated carbocycles. The zero-order valence-electron chi connectivity index (χ0n) is 13.6. The van der Waals surface area contributed by atoms with Gasteiger partial charge < -0.3 is 9.47 Å². The van der Waals surface area contributed by atoms with Gasteiger partial charge in [0.15, 0.2) is 11.5 Å². The van der Waals surface area contributed by atoms with E-state index in [0.29, 0.717) is 23.4 Å². The zero-order valence-corrected chi connectivity index (χ0v) is 13.6. The van der Waals surface area contributed by atoms with E-state index >= 15 is 0 Å². The number of aromatic nitrogens is 2. The number of rotatable bonds is 5. The van der Waals surface area contributed by atoms with Gasteiger partial charge in [0.1, 0.15) is 0 Å². The monoisotopic (exact) mass is 322 g/mol. The van der Waals surface area contributed by atoms with Gasteiger partial charge in [0, 0.05) is 5.39 Å². The van der Waals surface area contributed by atoms with Crippen molar-refractivity contribution < 1.29 is 9.47 Å². The van der Waals surface area contributed by atoms with E-state index in [1.807, 2.05) is 42.5 Å². The second-order valence-corrected chi connectivity index (χ2v) is 5.21. The van der Waals surface area contributed by atoms with Crippen LogP contribution in [-0.2, 0) is 6.54 Å². The summed E-state index contributed by atoms with van der Waals surface area (Å²) in [5.74, 6) is 0.961. The van der Waals surface area contributed by atoms with Crippen LogP contribution in [-0.4, -0.2) is 24.0 Å². The van der Waals surface area contributed by atoms with Crippen LogP contribution in [0.15, 0.2) is 59.5 Å². The smallest absolute Gasteiger partial charge is 0.278 e. The van der Waals surface area contributed by atoms with Gasteiger partial charge in [-0.3, -0.25) is 4.79 Å². The van der Waals surface area contributed by atoms with Crippen LogP contribution < -0.4 is 15.0 Å². The normalized spacial score (nSPS) is 11.1. The topological polar surface area (TPSA) is 53.4 Å². The van der Waals surface area contributed by atoms with Crippen molar-refractivity contribution in [3.63, 3.8) is 0 Å². The Morgan fingerprint density at radius 2 is 1.88 bits per heavy atom. The highest BCUT2D eigenvalue weighted by Gasteiger charge is 2.14. The molecule has 0 spiro atoms. The van der Waals surface area contributed by atoms with E-state index in [9.17, 15) is 4.79 Å². The summed E-state index contributed by atoms with van der Waals surface area (Å²) in [5, 5.41) is 5.42. The second kappa shape index (κ2) is 7.00. The van der Waals surface area contributed by atoms with Crippen molar-refractivity contribution in [3.8, 4) is 11.5 Å².